The molecule has 0 aromatic heterocycles. The van der Waals surface area contributed by atoms with Crippen LogP contribution in [0.4, 0.5) is 0 Å². The van der Waals surface area contributed by atoms with Gasteiger partial charge in [-0.25, -0.2) is 0 Å². The van der Waals surface area contributed by atoms with Crippen LogP contribution in [0, 0.1) is 0 Å². The lowest BCUT2D eigenvalue weighted by Gasteiger charge is -2.30. The minimum atomic E-state index is -0.510. The average Bonchev–Trinajstić information content (AvgIpc) is 3.34. The molecule has 2 amide bonds. The van der Waals surface area contributed by atoms with Crippen molar-refractivity contribution in [3.05, 3.63) is 65.7 Å². The van der Waals surface area contributed by atoms with Gasteiger partial charge in [0.2, 0.25) is 11.8 Å². The van der Waals surface area contributed by atoms with Gasteiger partial charge in [0.25, 0.3) is 0 Å². The maximum absolute atomic E-state index is 13.2. The molecule has 1 atom stereocenters. The van der Waals surface area contributed by atoms with Gasteiger partial charge in [0, 0.05) is 30.5 Å². The van der Waals surface area contributed by atoms with Crippen LogP contribution >= 0.6 is 11.8 Å². The lowest BCUT2D eigenvalue weighted by Crippen LogP contribution is -2.49. The quantitative estimate of drug-likeness (QED) is 0.496. The number of thioether (sulfide) groups is 1. The molecule has 2 aromatic rings. The standard InChI is InChI=1S/C26H34N2O3S/c1-20(26(30)27-23-10-6-7-11-23)28(18-21-12-14-24(31-2)15-13-21)25(29)16-17-32-19-22-8-4-3-5-9-22/h3-5,8-9,12-15,20,23H,6-7,10-11,16-19H2,1-2H3,(H,27,30)/t20-/m1/s1. The minimum absolute atomic E-state index is 0.00968. The summed E-state index contributed by atoms with van der Waals surface area (Å²) in [6, 6.07) is 17.7. The lowest BCUT2D eigenvalue weighted by molar-refractivity contribution is -0.140. The summed E-state index contributed by atoms with van der Waals surface area (Å²) < 4.78 is 5.24. The van der Waals surface area contributed by atoms with Crippen LogP contribution in [0.2, 0.25) is 0 Å². The largest absolute Gasteiger partial charge is 0.497 e. The molecule has 1 fully saturated rings. The normalized spacial score (nSPS) is 14.7. The number of benzene rings is 2. The summed E-state index contributed by atoms with van der Waals surface area (Å²) in [5.74, 6) is 2.33. The number of nitrogens with zero attached hydrogens (tertiary/aromatic N) is 1. The van der Waals surface area contributed by atoms with Crippen LogP contribution in [0.3, 0.4) is 0 Å². The van der Waals surface area contributed by atoms with E-state index in [0.29, 0.717) is 13.0 Å². The molecule has 0 unspecified atom stereocenters. The molecule has 32 heavy (non-hydrogen) atoms. The van der Waals surface area contributed by atoms with Gasteiger partial charge in [0.1, 0.15) is 11.8 Å². The van der Waals surface area contributed by atoms with E-state index in [1.165, 1.54) is 5.56 Å². The van der Waals surface area contributed by atoms with Gasteiger partial charge in [-0.1, -0.05) is 55.3 Å². The molecule has 1 N–H and O–H groups in total. The van der Waals surface area contributed by atoms with Crippen LogP contribution in [-0.2, 0) is 21.9 Å². The number of methoxy groups -OCH3 is 1. The first kappa shape index (κ1) is 24.2. The Labute approximate surface area is 195 Å². The minimum Gasteiger partial charge on any atom is -0.497 e. The third kappa shape index (κ3) is 7.30. The Balaban J connectivity index is 1.60. The van der Waals surface area contributed by atoms with E-state index in [9.17, 15) is 9.59 Å². The predicted molar refractivity (Wildman–Crippen MR) is 131 cm³/mol. The van der Waals surface area contributed by atoms with Crippen molar-refractivity contribution < 1.29 is 14.3 Å². The molecule has 0 aliphatic heterocycles. The Bertz CT molecular complexity index is 851. The monoisotopic (exact) mass is 454 g/mol. The van der Waals surface area contributed by atoms with Gasteiger partial charge in [-0.15, -0.1) is 0 Å². The van der Waals surface area contributed by atoms with E-state index in [2.05, 4.69) is 17.4 Å². The maximum atomic E-state index is 13.2. The number of nitrogens with one attached hydrogen (secondary N) is 1. The van der Waals surface area contributed by atoms with Gasteiger partial charge in [-0.3, -0.25) is 9.59 Å². The van der Waals surface area contributed by atoms with Gasteiger partial charge in [0.15, 0.2) is 0 Å². The second-order valence-electron chi connectivity index (χ2n) is 8.32. The van der Waals surface area contributed by atoms with Crippen molar-refractivity contribution in [3.8, 4) is 5.75 Å². The van der Waals surface area contributed by atoms with Crippen molar-refractivity contribution >= 4 is 23.6 Å². The van der Waals surface area contributed by atoms with Crippen molar-refractivity contribution in [2.75, 3.05) is 12.9 Å². The molecule has 1 aliphatic rings. The summed E-state index contributed by atoms with van der Waals surface area (Å²) >= 11 is 1.75. The Morgan fingerprint density at radius 2 is 1.75 bits per heavy atom. The number of ether oxygens (including phenoxy) is 1. The summed E-state index contributed by atoms with van der Waals surface area (Å²) in [6.45, 7) is 2.24. The number of hydrogen-bond acceptors (Lipinski definition) is 4. The fraction of sp³-hybridized carbons (Fsp3) is 0.462. The van der Waals surface area contributed by atoms with E-state index in [0.717, 1.165) is 48.5 Å². The number of rotatable bonds is 11. The zero-order valence-electron chi connectivity index (χ0n) is 19.1. The highest BCUT2D eigenvalue weighted by molar-refractivity contribution is 7.98. The van der Waals surface area contributed by atoms with Gasteiger partial charge in [0.05, 0.1) is 7.11 Å². The van der Waals surface area contributed by atoms with Crippen molar-refractivity contribution in [2.45, 2.75) is 63.4 Å². The Morgan fingerprint density at radius 1 is 1.06 bits per heavy atom. The molecule has 0 heterocycles. The van der Waals surface area contributed by atoms with Crippen LogP contribution in [0.25, 0.3) is 0 Å². The summed E-state index contributed by atoms with van der Waals surface area (Å²) in [6.07, 6.45) is 4.79. The summed E-state index contributed by atoms with van der Waals surface area (Å²) in [7, 11) is 1.63. The Hall–Kier alpha value is -2.47. The third-order valence-electron chi connectivity index (χ3n) is 5.95. The Kier molecular flexibility index (Phi) is 9.47. The fourth-order valence-corrected chi connectivity index (χ4v) is 4.86. The van der Waals surface area contributed by atoms with Crippen LogP contribution in [0.15, 0.2) is 54.6 Å². The van der Waals surface area contributed by atoms with Crippen LogP contribution in [0.5, 0.6) is 5.75 Å². The Morgan fingerprint density at radius 3 is 2.41 bits per heavy atom. The number of hydrogen-bond donors (Lipinski definition) is 1. The molecule has 0 bridgehead atoms. The second kappa shape index (κ2) is 12.5. The highest BCUT2D eigenvalue weighted by Crippen LogP contribution is 2.20. The maximum Gasteiger partial charge on any atom is 0.242 e. The van der Waals surface area contributed by atoms with Crippen molar-refractivity contribution in [1.82, 2.24) is 10.2 Å². The number of amides is 2. The summed E-state index contributed by atoms with van der Waals surface area (Å²) in [5.41, 5.74) is 2.24. The van der Waals surface area contributed by atoms with E-state index in [4.69, 9.17) is 4.74 Å². The van der Waals surface area contributed by atoms with Crippen molar-refractivity contribution in [1.29, 1.82) is 0 Å². The molecule has 0 saturated heterocycles. The van der Waals surface area contributed by atoms with Crippen LogP contribution < -0.4 is 10.1 Å². The first-order valence-electron chi connectivity index (χ1n) is 11.4. The molecule has 172 valence electrons. The van der Waals surface area contributed by atoms with E-state index in [1.54, 1.807) is 23.8 Å². The molecule has 2 aromatic carbocycles. The summed E-state index contributed by atoms with van der Waals surface area (Å²) in [4.78, 5) is 27.8. The van der Waals surface area contributed by atoms with Gasteiger partial charge in [-0.05, 0) is 43.0 Å². The molecule has 3 rings (SSSR count). The number of carbonyl (C=O) groups excluding carboxylic acids is 2. The van der Waals surface area contributed by atoms with Gasteiger partial charge >= 0.3 is 0 Å². The first-order valence-corrected chi connectivity index (χ1v) is 12.6. The SMILES string of the molecule is COc1ccc(CN(C(=O)CCSCc2ccccc2)[C@H](C)C(=O)NC2CCCC2)cc1. The van der Waals surface area contributed by atoms with E-state index >= 15 is 0 Å². The van der Waals surface area contributed by atoms with Crippen molar-refractivity contribution in [2.24, 2.45) is 0 Å². The fourth-order valence-electron chi connectivity index (χ4n) is 3.97. The van der Waals surface area contributed by atoms with Crippen molar-refractivity contribution in [3.63, 3.8) is 0 Å². The van der Waals surface area contributed by atoms with E-state index in [-0.39, 0.29) is 17.9 Å². The average molecular weight is 455 g/mol. The smallest absolute Gasteiger partial charge is 0.242 e. The molecule has 1 saturated carbocycles. The highest BCUT2D eigenvalue weighted by atomic mass is 32.2. The van der Waals surface area contributed by atoms with E-state index in [1.807, 2.05) is 49.4 Å². The molecule has 0 spiro atoms. The third-order valence-corrected chi connectivity index (χ3v) is 6.98. The highest BCUT2D eigenvalue weighted by Gasteiger charge is 2.28. The molecule has 1 aliphatic carbocycles. The van der Waals surface area contributed by atoms with E-state index < -0.39 is 6.04 Å². The van der Waals surface area contributed by atoms with Gasteiger partial charge in [-0.2, -0.15) is 11.8 Å². The molecule has 6 heteroatoms. The number of carbonyl (C=O) groups is 2. The lowest BCUT2D eigenvalue weighted by atomic mass is 10.1. The van der Waals surface area contributed by atoms with Crippen LogP contribution in [-0.4, -0.2) is 41.7 Å². The molecular formula is C26H34N2O3S. The molecular weight excluding hydrogens is 420 g/mol. The van der Waals surface area contributed by atoms with Crippen LogP contribution in [0.1, 0.15) is 50.2 Å². The van der Waals surface area contributed by atoms with Gasteiger partial charge < -0.3 is 15.0 Å². The topological polar surface area (TPSA) is 58.6 Å². The first-order chi connectivity index (χ1) is 15.6. The zero-order chi connectivity index (χ0) is 22.8. The molecule has 0 radical (unpaired) electrons. The predicted octanol–water partition coefficient (Wildman–Crippen LogP) is 4.79. The second-order valence-corrected chi connectivity index (χ2v) is 9.43. The molecule has 5 nitrogen and oxygen atoms in total. The summed E-state index contributed by atoms with van der Waals surface area (Å²) in [5, 5.41) is 3.15. The zero-order valence-corrected chi connectivity index (χ0v) is 19.9.